The van der Waals surface area contributed by atoms with E-state index >= 15 is 0 Å². The third-order valence-electron chi connectivity index (χ3n) is 5.50. The van der Waals surface area contributed by atoms with E-state index < -0.39 is 0 Å². The summed E-state index contributed by atoms with van der Waals surface area (Å²) in [6.07, 6.45) is 1.78. The molecule has 152 valence electrons. The van der Waals surface area contributed by atoms with Gasteiger partial charge in [-0.2, -0.15) is 5.10 Å². The van der Waals surface area contributed by atoms with E-state index in [1.807, 2.05) is 15.6 Å². The minimum atomic E-state index is 0.0732. The molecule has 2 aromatic heterocycles. The molecular weight excluding hydrogens is 362 g/mol. The molecule has 3 aromatic rings. The number of benzene rings is 1. The Balaban J connectivity index is 1.74. The number of aromatic nitrogens is 3. The Labute approximate surface area is 172 Å². The number of rotatable bonds is 5. The highest BCUT2D eigenvalue weighted by molar-refractivity contribution is 6.06. The topological polar surface area (TPSA) is 54.3 Å². The lowest BCUT2D eigenvalue weighted by Gasteiger charge is -2.40. The van der Waals surface area contributed by atoms with Crippen LogP contribution in [0.3, 0.4) is 0 Å². The predicted octanol–water partition coefficient (Wildman–Crippen LogP) is 3.62. The van der Waals surface area contributed by atoms with Crippen LogP contribution in [0.1, 0.15) is 35.8 Å². The second kappa shape index (κ2) is 7.59. The largest absolute Gasteiger partial charge is 0.338 e. The van der Waals surface area contributed by atoms with Crippen LogP contribution in [0.5, 0.6) is 0 Å². The highest BCUT2D eigenvalue weighted by Crippen LogP contribution is 2.29. The summed E-state index contributed by atoms with van der Waals surface area (Å²) in [5.74, 6) is 0.616. The first-order valence-electron chi connectivity index (χ1n) is 10.2. The standard InChI is InChI=1S/C23H29N5O/c1-15(2)28-22-20(11-24-28)19(23(29)27-13-17(14-27)12-26(4)5)10-21(25-22)18-8-6-16(3)7-9-18/h6-11,15,17H,12-14H2,1-5H3. The van der Waals surface area contributed by atoms with Crippen LogP contribution in [0.4, 0.5) is 0 Å². The molecule has 1 aromatic carbocycles. The molecular formula is C23H29N5O. The lowest BCUT2D eigenvalue weighted by atomic mass is 9.97. The van der Waals surface area contributed by atoms with Crippen molar-refractivity contribution in [3.05, 3.63) is 47.7 Å². The average molecular weight is 392 g/mol. The van der Waals surface area contributed by atoms with Gasteiger partial charge in [0.25, 0.3) is 5.91 Å². The van der Waals surface area contributed by atoms with Crippen LogP contribution in [0.25, 0.3) is 22.3 Å². The molecule has 1 aliphatic rings. The summed E-state index contributed by atoms with van der Waals surface area (Å²) in [6.45, 7) is 8.84. The van der Waals surface area contributed by atoms with Gasteiger partial charge in [-0.1, -0.05) is 29.8 Å². The molecule has 0 aliphatic carbocycles. The van der Waals surface area contributed by atoms with Gasteiger partial charge in [-0.25, -0.2) is 9.67 Å². The number of hydrogen-bond donors (Lipinski definition) is 0. The summed E-state index contributed by atoms with van der Waals surface area (Å²) in [4.78, 5) is 22.3. The van der Waals surface area contributed by atoms with Gasteiger partial charge in [0.15, 0.2) is 5.65 Å². The predicted molar refractivity (Wildman–Crippen MR) is 116 cm³/mol. The van der Waals surface area contributed by atoms with Crippen LogP contribution in [0.15, 0.2) is 36.5 Å². The van der Waals surface area contributed by atoms with Crippen molar-refractivity contribution in [3.8, 4) is 11.3 Å². The lowest BCUT2D eigenvalue weighted by molar-refractivity contribution is 0.0452. The van der Waals surface area contributed by atoms with Crippen molar-refractivity contribution >= 4 is 16.9 Å². The Bertz CT molecular complexity index is 1030. The van der Waals surface area contributed by atoms with Crippen molar-refractivity contribution in [2.75, 3.05) is 33.7 Å². The number of aryl methyl sites for hydroxylation is 1. The molecule has 1 saturated heterocycles. The van der Waals surface area contributed by atoms with Gasteiger partial charge in [0.05, 0.1) is 22.8 Å². The Morgan fingerprint density at radius 2 is 1.90 bits per heavy atom. The van der Waals surface area contributed by atoms with E-state index in [0.717, 1.165) is 41.9 Å². The third-order valence-corrected chi connectivity index (χ3v) is 5.50. The number of amides is 1. The summed E-state index contributed by atoms with van der Waals surface area (Å²) in [6, 6.07) is 10.4. The molecule has 0 atom stereocenters. The van der Waals surface area contributed by atoms with Gasteiger partial charge in [0.1, 0.15) is 0 Å². The van der Waals surface area contributed by atoms with Gasteiger partial charge in [-0.15, -0.1) is 0 Å². The van der Waals surface area contributed by atoms with Gasteiger partial charge in [-0.3, -0.25) is 4.79 Å². The average Bonchev–Trinajstić information content (AvgIpc) is 3.07. The van der Waals surface area contributed by atoms with Crippen molar-refractivity contribution in [2.24, 2.45) is 5.92 Å². The zero-order chi connectivity index (χ0) is 20.7. The molecule has 1 aliphatic heterocycles. The monoisotopic (exact) mass is 391 g/mol. The molecule has 0 bridgehead atoms. The van der Waals surface area contributed by atoms with Gasteiger partial charge >= 0.3 is 0 Å². The van der Waals surface area contributed by atoms with Gasteiger partial charge in [-0.05, 0) is 40.9 Å². The SMILES string of the molecule is Cc1ccc(-c2cc(C(=O)N3CC(CN(C)C)C3)c3cnn(C(C)C)c3n2)cc1. The minimum Gasteiger partial charge on any atom is -0.338 e. The van der Waals surface area contributed by atoms with Crippen LogP contribution < -0.4 is 0 Å². The van der Waals surface area contributed by atoms with Crippen molar-refractivity contribution in [3.63, 3.8) is 0 Å². The number of carbonyl (C=O) groups excluding carboxylic acids is 1. The van der Waals surface area contributed by atoms with Gasteiger partial charge in [0.2, 0.25) is 0 Å². The zero-order valence-corrected chi connectivity index (χ0v) is 17.9. The summed E-state index contributed by atoms with van der Waals surface area (Å²) >= 11 is 0. The quantitative estimate of drug-likeness (QED) is 0.667. The first-order valence-corrected chi connectivity index (χ1v) is 10.2. The maximum absolute atomic E-state index is 13.3. The Kier molecular flexibility index (Phi) is 5.13. The fraction of sp³-hybridized carbons (Fsp3) is 0.435. The molecule has 0 radical (unpaired) electrons. The molecule has 0 spiro atoms. The van der Waals surface area contributed by atoms with E-state index in [1.165, 1.54) is 5.56 Å². The molecule has 0 N–H and O–H groups in total. The molecule has 0 saturated carbocycles. The number of fused-ring (bicyclic) bond motifs is 1. The lowest BCUT2D eigenvalue weighted by Crippen LogP contribution is -2.53. The third kappa shape index (κ3) is 3.77. The number of hydrogen-bond acceptors (Lipinski definition) is 4. The van der Waals surface area contributed by atoms with E-state index in [9.17, 15) is 4.79 Å². The molecule has 1 fully saturated rings. The summed E-state index contributed by atoms with van der Waals surface area (Å²) in [7, 11) is 4.15. The minimum absolute atomic E-state index is 0.0732. The summed E-state index contributed by atoms with van der Waals surface area (Å²) in [5.41, 5.74) is 4.49. The van der Waals surface area contributed by atoms with Crippen LogP contribution in [-0.4, -0.2) is 64.2 Å². The highest BCUT2D eigenvalue weighted by atomic mass is 16.2. The van der Waals surface area contributed by atoms with E-state index in [2.05, 4.69) is 69.1 Å². The second-order valence-electron chi connectivity index (χ2n) is 8.68. The van der Waals surface area contributed by atoms with E-state index in [0.29, 0.717) is 11.5 Å². The summed E-state index contributed by atoms with van der Waals surface area (Å²) in [5, 5.41) is 5.35. The fourth-order valence-electron chi connectivity index (χ4n) is 3.98. The number of nitrogens with zero attached hydrogens (tertiary/aromatic N) is 5. The highest BCUT2D eigenvalue weighted by Gasteiger charge is 2.33. The molecule has 3 heterocycles. The van der Waals surface area contributed by atoms with E-state index in [-0.39, 0.29) is 11.9 Å². The van der Waals surface area contributed by atoms with Crippen LogP contribution >= 0.6 is 0 Å². The molecule has 4 rings (SSSR count). The molecule has 1 amide bonds. The van der Waals surface area contributed by atoms with Crippen LogP contribution in [0, 0.1) is 12.8 Å². The van der Waals surface area contributed by atoms with Gasteiger partial charge in [0, 0.05) is 37.2 Å². The van der Waals surface area contributed by atoms with Crippen LogP contribution in [0.2, 0.25) is 0 Å². The maximum atomic E-state index is 13.3. The first-order chi connectivity index (χ1) is 13.8. The number of pyridine rings is 1. The smallest absolute Gasteiger partial charge is 0.254 e. The Morgan fingerprint density at radius 3 is 2.52 bits per heavy atom. The second-order valence-corrected chi connectivity index (χ2v) is 8.68. The van der Waals surface area contributed by atoms with E-state index in [1.54, 1.807) is 6.20 Å². The molecule has 29 heavy (non-hydrogen) atoms. The number of likely N-dealkylation sites (tertiary alicyclic amines) is 1. The molecule has 6 nitrogen and oxygen atoms in total. The van der Waals surface area contributed by atoms with Crippen LogP contribution in [-0.2, 0) is 0 Å². The Hall–Kier alpha value is -2.73. The van der Waals surface area contributed by atoms with E-state index in [4.69, 9.17) is 4.98 Å². The van der Waals surface area contributed by atoms with Gasteiger partial charge < -0.3 is 9.80 Å². The molecule has 6 heteroatoms. The van der Waals surface area contributed by atoms with Crippen molar-refractivity contribution < 1.29 is 4.79 Å². The number of carbonyl (C=O) groups is 1. The van der Waals surface area contributed by atoms with Crippen molar-refractivity contribution in [2.45, 2.75) is 26.8 Å². The first kappa shape index (κ1) is 19.6. The fourth-order valence-corrected chi connectivity index (χ4v) is 3.98. The van der Waals surface area contributed by atoms with Crippen molar-refractivity contribution in [1.29, 1.82) is 0 Å². The summed E-state index contributed by atoms with van der Waals surface area (Å²) < 4.78 is 1.90. The van der Waals surface area contributed by atoms with Crippen molar-refractivity contribution in [1.82, 2.24) is 24.6 Å². The maximum Gasteiger partial charge on any atom is 0.254 e. The Morgan fingerprint density at radius 1 is 1.21 bits per heavy atom. The molecule has 0 unspecified atom stereocenters. The normalized spacial score (nSPS) is 14.8. The zero-order valence-electron chi connectivity index (χ0n) is 17.9.